The van der Waals surface area contributed by atoms with Gasteiger partial charge in [-0.2, -0.15) is 0 Å². The molecule has 324 valence electrons. The van der Waals surface area contributed by atoms with Gasteiger partial charge < -0.3 is 61.3 Å². The summed E-state index contributed by atoms with van der Waals surface area (Å²) in [6.45, 7) is 19.4. The Hall–Kier alpha value is -3.76. The van der Waals surface area contributed by atoms with E-state index in [0.717, 1.165) is 0 Å². The Kier molecular flexibility index (Phi) is 35.8. The maximum Gasteiger partial charge on any atom is 0.333 e. The van der Waals surface area contributed by atoms with E-state index in [9.17, 15) is 33.6 Å². The topological polar surface area (TPSA) is 233 Å². The van der Waals surface area contributed by atoms with E-state index in [1.54, 1.807) is 20.0 Å². The molecule has 0 atom stereocenters. The Morgan fingerprint density at radius 2 is 0.679 bits per heavy atom. The van der Waals surface area contributed by atoms with Crippen molar-refractivity contribution in [2.24, 2.45) is 0 Å². The highest BCUT2D eigenvalue weighted by Gasteiger charge is 2.17. The van der Waals surface area contributed by atoms with E-state index < -0.39 is 44.4 Å². The van der Waals surface area contributed by atoms with E-state index in [1.165, 1.54) is 13.8 Å². The number of esters is 6. The van der Waals surface area contributed by atoms with E-state index in [0.29, 0.717) is 66.1 Å². The van der Waals surface area contributed by atoms with E-state index in [-0.39, 0.29) is 83.1 Å². The molecule has 56 heavy (non-hydrogen) atoms. The molecule has 0 aliphatic rings. The lowest BCUT2D eigenvalue weighted by atomic mass is 10.3. The van der Waals surface area contributed by atoms with Crippen LogP contribution in [0.25, 0.3) is 0 Å². The second-order valence-corrected chi connectivity index (χ2v) is 14.8. The quantitative estimate of drug-likeness (QED) is 0.0320. The number of rotatable bonds is 34. The number of hydrogen-bond acceptors (Lipinski definition) is 19. The first-order valence-electron chi connectivity index (χ1n) is 18.1. The Bertz CT molecular complexity index is 1140. The predicted octanol–water partition coefficient (Wildman–Crippen LogP) is 1.76. The molecule has 0 aliphatic heterocycles. The van der Waals surface area contributed by atoms with Gasteiger partial charge in [-0.25, -0.2) is 9.59 Å². The molecule has 0 heterocycles. The fourth-order valence-electron chi connectivity index (χ4n) is 3.23. The highest BCUT2D eigenvalue weighted by molar-refractivity contribution is 6.63. The standard InChI is InChI=1S/C24H44O13Si.C12H18O6/c1-21(2)24(27)36-19-18-35-23(26)6-5-22(25)34-17-15-32-13-11-30-9-7-29-8-10-31-12-14-33-16-20-37-38(3,4)28;1-4-16-10(13)5-6-11(14)17-7-8-18-12(15)9(2)3/h28H,1,5-20H2,2-4H3;2,4-8H2,1,3H3. The molecule has 0 saturated heterocycles. The van der Waals surface area contributed by atoms with Crippen molar-refractivity contribution in [2.45, 2.75) is 59.5 Å². The van der Waals surface area contributed by atoms with Crippen molar-refractivity contribution in [3.05, 3.63) is 24.3 Å². The normalized spacial score (nSPS) is 10.7. The summed E-state index contributed by atoms with van der Waals surface area (Å²) in [6.07, 6.45) is -0.315. The molecular weight excluding hydrogens is 764 g/mol. The van der Waals surface area contributed by atoms with Crippen LogP contribution in [0.15, 0.2) is 24.3 Å². The number of hydrogen-bond donors (Lipinski definition) is 1. The zero-order chi connectivity index (χ0) is 42.5. The van der Waals surface area contributed by atoms with Gasteiger partial charge in [0, 0.05) is 11.1 Å². The summed E-state index contributed by atoms with van der Waals surface area (Å²) >= 11 is 0. The third kappa shape index (κ3) is 41.4. The van der Waals surface area contributed by atoms with Gasteiger partial charge in [0.25, 0.3) is 0 Å². The average molecular weight is 827 g/mol. The Morgan fingerprint density at radius 3 is 0.964 bits per heavy atom. The van der Waals surface area contributed by atoms with Crippen LogP contribution in [0, 0.1) is 0 Å². The molecule has 0 bridgehead atoms. The number of ether oxygens (including phenoxy) is 11. The summed E-state index contributed by atoms with van der Waals surface area (Å²) in [7, 11) is -2.47. The van der Waals surface area contributed by atoms with E-state index >= 15 is 0 Å². The lowest BCUT2D eigenvalue weighted by molar-refractivity contribution is -0.153. The fraction of sp³-hybridized carbons (Fsp3) is 0.722. The van der Waals surface area contributed by atoms with Crippen molar-refractivity contribution in [1.82, 2.24) is 0 Å². The molecule has 0 aromatic rings. The Labute approximate surface area is 330 Å². The highest BCUT2D eigenvalue weighted by Crippen LogP contribution is 2.00. The molecule has 0 unspecified atom stereocenters. The molecule has 0 spiro atoms. The number of carbonyl (C=O) groups is 6. The van der Waals surface area contributed by atoms with Crippen LogP contribution >= 0.6 is 0 Å². The minimum atomic E-state index is -2.47. The third-order valence-corrected chi connectivity index (χ3v) is 6.80. The zero-order valence-corrected chi connectivity index (χ0v) is 34.6. The van der Waals surface area contributed by atoms with Crippen molar-refractivity contribution in [2.75, 3.05) is 112 Å². The van der Waals surface area contributed by atoms with Crippen LogP contribution in [0.4, 0.5) is 0 Å². The molecule has 1 N–H and O–H groups in total. The fourth-order valence-corrected chi connectivity index (χ4v) is 3.81. The zero-order valence-electron chi connectivity index (χ0n) is 33.6. The van der Waals surface area contributed by atoms with Gasteiger partial charge >= 0.3 is 44.4 Å². The van der Waals surface area contributed by atoms with Crippen LogP contribution in [-0.2, 0) is 85.3 Å². The molecule has 0 rings (SSSR count). The van der Waals surface area contributed by atoms with Gasteiger partial charge in [-0.15, -0.1) is 0 Å². The molecule has 0 radical (unpaired) electrons. The van der Waals surface area contributed by atoms with Gasteiger partial charge in [0.15, 0.2) is 0 Å². The molecular formula is C36H62O19Si. The van der Waals surface area contributed by atoms with Crippen molar-refractivity contribution < 1.29 is 90.1 Å². The van der Waals surface area contributed by atoms with Gasteiger partial charge in [0.1, 0.15) is 33.0 Å². The predicted molar refractivity (Wildman–Crippen MR) is 199 cm³/mol. The lowest BCUT2D eigenvalue weighted by Crippen LogP contribution is -2.31. The molecule has 0 aromatic carbocycles. The second kappa shape index (κ2) is 36.9. The summed E-state index contributed by atoms with van der Waals surface area (Å²) in [5, 5.41) is 0. The van der Waals surface area contributed by atoms with Crippen LogP contribution in [-0.4, -0.2) is 161 Å². The molecule has 19 nitrogen and oxygen atoms in total. The molecule has 0 fully saturated rings. The van der Waals surface area contributed by atoms with E-state index in [4.69, 9.17) is 51.8 Å². The number of carbonyl (C=O) groups excluding carboxylic acids is 6. The van der Waals surface area contributed by atoms with Crippen LogP contribution < -0.4 is 0 Å². The van der Waals surface area contributed by atoms with Gasteiger partial charge in [-0.3, -0.25) is 19.2 Å². The molecule has 20 heteroatoms. The van der Waals surface area contributed by atoms with Crippen molar-refractivity contribution in [3.63, 3.8) is 0 Å². The van der Waals surface area contributed by atoms with Crippen LogP contribution in [0.1, 0.15) is 46.5 Å². The summed E-state index contributed by atoms with van der Waals surface area (Å²) in [5.41, 5.74) is 0.537. The van der Waals surface area contributed by atoms with E-state index in [1.807, 2.05) is 0 Å². The lowest BCUT2D eigenvalue weighted by Gasteiger charge is -2.14. The molecule has 0 aromatic heterocycles. The SMILES string of the molecule is C=C(C)C(=O)OCCOC(=O)CCC(=O)OCC.C=C(C)C(=O)OCCOC(=O)CCC(=O)OCCOCCOCCOCCOCCOCCO[Si](C)(C)O. The summed E-state index contributed by atoms with van der Waals surface area (Å²) in [4.78, 5) is 76.8. The third-order valence-electron chi connectivity index (χ3n) is 5.89. The first-order chi connectivity index (χ1) is 26.6. The van der Waals surface area contributed by atoms with E-state index in [2.05, 4.69) is 17.9 Å². The molecule has 0 saturated carbocycles. The monoisotopic (exact) mass is 826 g/mol. The van der Waals surface area contributed by atoms with Crippen LogP contribution in [0.5, 0.6) is 0 Å². The summed E-state index contributed by atoms with van der Waals surface area (Å²) in [6, 6.07) is 0. The summed E-state index contributed by atoms with van der Waals surface area (Å²) in [5.74, 6) is -3.19. The Morgan fingerprint density at radius 1 is 0.429 bits per heavy atom. The van der Waals surface area contributed by atoms with Crippen LogP contribution in [0.3, 0.4) is 0 Å². The van der Waals surface area contributed by atoms with Gasteiger partial charge in [0.05, 0.1) is 105 Å². The Balaban J connectivity index is 0. The maximum absolute atomic E-state index is 11.6. The van der Waals surface area contributed by atoms with Crippen molar-refractivity contribution in [1.29, 1.82) is 0 Å². The van der Waals surface area contributed by atoms with Crippen molar-refractivity contribution in [3.8, 4) is 0 Å². The van der Waals surface area contributed by atoms with Gasteiger partial charge in [-0.1, -0.05) is 13.2 Å². The minimum absolute atomic E-state index is 0.0156. The van der Waals surface area contributed by atoms with Crippen LogP contribution in [0.2, 0.25) is 13.1 Å². The van der Waals surface area contributed by atoms with Crippen molar-refractivity contribution >= 4 is 44.4 Å². The first kappa shape index (κ1) is 54.3. The molecule has 0 amide bonds. The van der Waals surface area contributed by atoms with Gasteiger partial charge in [-0.05, 0) is 33.9 Å². The minimum Gasteiger partial charge on any atom is -0.466 e. The second-order valence-electron chi connectivity index (χ2n) is 11.7. The maximum atomic E-state index is 11.6. The summed E-state index contributed by atoms with van der Waals surface area (Å²) < 4.78 is 60.7. The average Bonchev–Trinajstić information content (AvgIpc) is 3.13. The smallest absolute Gasteiger partial charge is 0.333 e. The largest absolute Gasteiger partial charge is 0.466 e. The molecule has 0 aliphatic carbocycles. The first-order valence-corrected chi connectivity index (χ1v) is 21.0. The highest BCUT2D eigenvalue weighted by atomic mass is 28.4. The van der Waals surface area contributed by atoms with Gasteiger partial charge in [0.2, 0.25) is 0 Å².